The van der Waals surface area contributed by atoms with Gasteiger partial charge in [-0.2, -0.15) is 10.2 Å². The fourth-order valence-corrected chi connectivity index (χ4v) is 2.37. The molecule has 0 amide bonds. The predicted octanol–water partition coefficient (Wildman–Crippen LogP) is 2.53. The van der Waals surface area contributed by atoms with Gasteiger partial charge in [-0.1, -0.05) is 12.1 Å². The summed E-state index contributed by atoms with van der Waals surface area (Å²) in [5.74, 6) is 0.770. The lowest BCUT2D eigenvalue weighted by Crippen LogP contribution is -2.06. The van der Waals surface area contributed by atoms with Crippen molar-refractivity contribution in [3.05, 3.63) is 52.1 Å². The molecule has 0 atom stereocenters. The van der Waals surface area contributed by atoms with Crippen LogP contribution in [0.4, 0.5) is 0 Å². The van der Waals surface area contributed by atoms with Crippen molar-refractivity contribution in [1.82, 2.24) is 24.5 Å². The zero-order valence-electron chi connectivity index (χ0n) is 11.1. The van der Waals surface area contributed by atoms with E-state index < -0.39 is 0 Å². The van der Waals surface area contributed by atoms with Crippen LogP contribution in [0.25, 0.3) is 11.4 Å². The molecule has 2 heterocycles. The molecule has 1 aromatic carbocycles. The lowest BCUT2D eigenvalue weighted by Gasteiger charge is -2.01. The van der Waals surface area contributed by atoms with Gasteiger partial charge >= 0.3 is 0 Å². The molecule has 0 aliphatic carbocycles. The summed E-state index contributed by atoms with van der Waals surface area (Å²) in [6.45, 7) is 0.802. The first-order chi connectivity index (χ1) is 9.72. The van der Waals surface area contributed by atoms with Crippen LogP contribution in [-0.4, -0.2) is 24.5 Å². The van der Waals surface area contributed by atoms with Gasteiger partial charge in [0.25, 0.3) is 0 Å². The molecule has 3 rings (SSSR count). The summed E-state index contributed by atoms with van der Waals surface area (Å²) in [6.07, 6.45) is 4.49. The van der Waals surface area contributed by atoms with Crippen LogP contribution >= 0.6 is 22.6 Å². The number of aryl methyl sites for hydroxylation is 3. The first-order valence-electron chi connectivity index (χ1n) is 6.34. The Labute approximate surface area is 130 Å². The Morgan fingerprint density at radius 3 is 2.65 bits per heavy atom. The lowest BCUT2D eigenvalue weighted by atomic mass is 10.2. The number of aromatic nitrogens is 5. The van der Waals surface area contributed by atoms with E-state index in [0.717, 1.165) is 24.4 Å². The van der Waals surface area contributed by atoms with Gasteiger partial charge in [0, 0.05) is 41.0 Å². The molecule has 0 spiro atoms. The van der Waals surface area contributed by atoms with Crippen LogP contribution in [0.3, 0.4) is 0 Å². The summed E-state index contributed by atoms with van der Waals surface area (Å²) >= 11 is 2.29. The molecule has 0 aliphatic rings. The van der Waals surface area contributed by atoms with E-state index in [2.05, 4.69) is 49.9 Å². The molecule has 6 heteroatoms. The highest BCUT2D eigenvalue weighted by Gasteiger charge is 2.05. The van der Waals surface area contributed by atoms with E-state index in [9.17, 15) is 0 Å². The van der Waals surface area contributed by atoms with E-state index in [1.165, 1.54) is 9.26 Å². The molecular weight excluding hydrogens is 365 g/mol. The number of rotatable bonds is 4. The first-order valence-corrected chi connectivity index (χ1v) is 7.42. The average molecular weight is 379 g/mol. The Hall–Kier alpha value is -1.70. The van der Waals surface area contributed by atoms with Gasteiger partial charge in [-0.3, -0.25) is 9.36 Å². The Balaban J connectivity index is 1.71. The van der Waals surface area contributed by atoms with Crippen molar-refractivity contribution in [3.8, 4) is 11.4 Å². The molecule has 0 aliphatic heterocycles. The second-order valence-electron chi connectivity index (χ2n) is 4.53. The fraction of sp³-hybridized carbons (Fsp3) is 0.214. The van der Waals surface area contributed by atoms with Crippen molar-refractivity contribution in [1.29, 1.82) is 0 Å². The Morgan fingerprint density at radius 2 is 1.95 bits per heavy atom. The van der Waals surface area contributed by atoms with Gasteiger partial charge in [-0.25, -0.2) is 4.98 Å². The van der Waals surface area contributed by atoms with E-state index in [1.54, 1.807) is 6.33 Å². The SMILES string of the molecule is Cn1nccc1CCn1cnc(-c2ccc(I)cc2)n1. The topological polar surface area (TPSA) is 48.5 Å². The van der Waals surface area contributed by atoms with Crippen LogP contribution in [0.15, 0.2) is 42.9 Å². The number of halogens is 1. The molecule has 0 unspecified atom stereocenters. The van der Waals surface area contributed by atoms with Gasteiger partial charge in [-0.05, 0) is 40.8 Å². The molecule has 0 bridgehead atoms. The second kappa shape index (κ2) is 5.74. The van der Waals surface area contributed by atoms with Crippen molar-refractivity contribution in [2.45, 2.75) is 13.0 Å². The van der Waals surface area contributed by atoms with Crippen LogP contribution in [0, 0.1) is 3.57 Å². The summed E-state index contributed by atoms with van der Waals surface area (Å²) in [7, 11) is 1.95. The molecule has 0 saturated carbocycles. The maximum Gasteiger partial charge on any atom is 0.181 e. The largest absolute Gasteiger partial charge is 0.273 e. The molecular formula is C14H14IN5. The highest BCUT2D eigenvalue weighted by molar-refractivity contribution is 14.1. The van der Waals surface area contributed by atoms with Gasteiger partial charge in [0.15, 0.2) is 5.82 Å². The molecule has 0 N–H and O–H groups in total. The highest BCUT2D eigenvalue weighted by atomic mass is 127. The zero-order chi connectivity index (χ0) is 13.9. The molecule has 0 saturated heterocycles. The van der Waals surface area contributed by atoms with Crippen molar-refractivity contribution in [3.63, 3.8) is 0 Å². The fourth-order valence-electron chi connectivity index (χ4n) is 2.01. The van der Waals surface area contributed by atoms with Crippen molar-refractivity contribution >= 4 is 22.6 Å². The monoisotopic (exact) mass is 379 g/mol. The maximum absolute atomic E-state index is 4.51. The first kappa shape index (κ1) is 13.3. The lowest BCUT2D eigenvalue weighted by molar-refractivity contribution is 0.586. The van der Waals surface area contributed by atoms with E-state index in [0.29, 0.717) is 0 Å². The third-order valence-electron chi connectivity index (χ3n) is 3.16. The number of nitrogens with zero attached hydrogens (tertiary/aromatic N) is 5. The quantitative estimate of drug-likeness (QED) is 0.655. The molecule has 2 aromatic heterocycles. The van der Waals surface area contributed by atoms with Gasteiger partial charge in [0.2, 0.25) is 0 Å². The minimum Gasteiger partial charge on any atom is -0.273 e. The van der Waals surface area contributed by atoms with E-state index in [1.807, 2.05) is 40.8 Å². The van der Waals surface area contributed by atoms with Crippen molar-refractivity contribution in [2.75, 3.05) is 0 Å². The van der Waals surface area contributed by atoms with Crippen LogP contribution in [0.5, 0.6) is 0 Å². The molecule has 102 valence electrons. The minimum absolute atomic E-state index is 0.770. The molecule has 20 heavy (non-hydrogen) atoms. The predicted molar refractivity (Wildman–Crippen MR) is 85.1 cm³/mol. The minimum atomic E-state index is 0.770. The van der Waals surface area contributed by atoms with Gasteiger partial charge < -0.3 is 0 Å². The van der Waals surface area contributed by atoms with E-state index in [-0.39, 0.29) is 0 Å². The van der Waals surface area contributed by atoms with E-state index in [4.69, 9.17) is 0 Å². The number of hydrogen-bond acceptors (Lipinski definition) is 3. The van der Waals surface area contributed by atoms with Crippen LogP contribution in [0.2, 0.25) is 0 Å². The van der Waals surface area contributed by atoms with Crippen LogP contribution in [-0.2, 0) is 20.0 Å². The summed E-state index contributed by atoms with van der Waals surface area (Å²) in [5.41, 5.74) is 2.24. The summed E-state index contributed by atoms with van der Waals surface area (Å²) in [5, 5.41) is 8.67. The van der Waals surface area contributed by atoms with Gasteiger partial charge in [0.05, 0.1) is 0 Å². The smallest absolute Gasteiger partial charge is 0.181 e. The van der Waals surface area contributed by atoms with Crippen LogP contribution < -0.4 is 0 Å². The number of hydrogen-bond donors (Lipinski definition) is 0. The highest BCUT2D eigenvalue weighted by Crippen LogP contribution is 2.16. The Morgan fingerprint density at radius 1 is 1.15 bits per heavy atom. The average Bonchev–Trinajstić information content (AvgIpc) is 3.06. The third-order valence-corrected chi connectivity index (χ3v) is 3.88. The Bertz CT molecular complexity index is 698. The summed E-state index contributed by atoms with van der Waals surface area (Å²) in [4.78, 5) is 4.37. The zero-order valence-corrected chi connectivity index (χ0v) is 13.2. The van der Waals surface area contributed by atoms with Gasteiger partial charge in [0.1, 0.15) is 6.33 Å². The third kappa shape index (κ3) is 2.90. The van der Waals surface area contributed by atoms with Gasteiger partial charge in [-0.15, -0.1) is 0 Å². The standard InChI is InChI=1S/C14H14IN5/c1-19-13(6-8-17-19)7-9-20-10-16-14(18-20)11-2-4-12(15)5-3-11/h2-6,8,10H,7,9H2,1H3. The number of benzene rings is 1. The Kier molecular flexibility index (Phi) is 3.81. The normalized spacial score (nSPS) is 10.9. The second-order valence-corrected chi connectivity index (χ2v) is 5.78. The maximum atomic E-state index is 4.51. The summed E-state index contributed by atoms with van der Waals surface area (Å²) in [6, 6.07) is 10.2. The molecule has 0 fully saturated rings. The summed E-state index contributed by atoms with van der Waals surface area (Å²) < 4.78 is 4.97. The van der Waals surface area contributed by atoms with E-state index >= 15 is 0 Å². The van der Waals surface area contributed by atoms with Crippen molar-refractivity contribution in [2.24, 2.45) is 7.05 Å². The van der Waals surface area contributed by atoms with Crippen LogP contribution in [0.1, 0.15) is 5.69 Å². The van der Waals surface area contributed by atoms with Crippen molar-refractivity contribution < 1.29 is 0 Å². The molecule has 3 aromatic rings. The molecule has 5 nitrogen and oxygen atoms in total. The molecule has 0 radical (unpaired) electrons.